The van der Waals surface area contributed by atoms with Gasteiger partial charge < -0.3 is 19.7 Å². The van der Waals surface area contributed by atoms with Crippen LogP contribution in [0.3, 0.4) is 0 Å². The lowest BCUT2D eigenvalue weighted by atomic mass is 9.89. The van der Waals surface area contributed by atoms with Gasteiger partial charge in [0.15, 0.2) is 0 Å². The number of para-hydroxylation sites is 2. The van der Waals surface area contributed by atoms with Crippen molar-refractivity contribution < 1.29 is 19.0 Å². The Hall–Kier alpha value is -3.55. The molecule has 2 atom stereocenters. The Labute approximate surface area is 209 Å². The number of aliphatic hydroxyl groups is 1. The standard InChI is InChI=1S/C29H30FN3O3/c30-22-14-12-20(13-15-22)17-31-29(35)16-28-32-25-9-3-4-10-26(25)33(28)18-23(34)19-36-27-11-5-7-21-6-1-2-8-24(21)27/h1-4,6,8-10,12-15,23,27,34H,5,7,11,16-19H2,(H,31,35). The molecule has 0 aliphatic heterocycles. The maximum atomic E-state index is 13.1. The predicted octanol–water partition coefficient (Wildman–Crippen LogP) is 4.49. The molecule has 4 aromatic rings. The Morgan fingerprint density at radius 1 is 1.11 bits per heavy atom. The lowest BCUT2D eigenvalue weighted by molar-refractivity contribution is -0.120. The highest BCUT2D eigenvalue weighted by atomic mass is 19.1. The number of nitrogens with one attached hydrogen (secondary N) is 1. The van der Waals surface area contributed by atoms with Crippen LogP contribution in [-0.4, -0.2) is 33.3 Å². The van der Waals surface area contributed by atoms with Crippen molar-refractivity contribution in [3.8, 4) is 0 Å². The average Bonchev–Trinajstić information content (AvgIpc) is 3.23. The highest BCUT2D eigenvalue weighted by molar-refractivity contribution is 5.81. The predicted molar refractivity (Wildman–Crippen MR) is 136 cm³/mol. The number of carbonyl (C=O) groups excluding carboxylic acids is 1. The molecule has 186 valence electrons. The van der Waals surface area contributed by atoms with Gasteiger partial charge in [0.05, 0.1) is 42.8 Å². The molecule has 1 amide bonds. The lowest BCUT2D eigenvalue weighted by Crippen LogP contribution is -2.28. The molecule has 0 radical (unpaired) electrons. The number of imidazole rings is 1. The summed E-state index contributed by atoms with van der Waals surface area (Å²) in [6.45, 7) is 0.774. The van der Waals surface area contributed by atoms with Crippen molar-refractivity contribution in [2.24, 2.45) is 0 Å². The Kier molecular flexibility index (Phi) is 7.39. The molecule has 2 unspecified atom stereocenters. The number of amides is 1. The van der Waals surface area contributed by atoms with Crippen molar-refractivity contribution in [1.29, 1.82) is 0 Å². The van der Waals surface area contributed by atoms with E-state index in [9.17, 15) is 14.3 Å². The summed E-state index contributed by atoms with van der Waals surface area (Å²) in [6.07, 6.45) is 2.38. The van der Waals surface area contributed by atoms with E-state index in [0.717, 1.165) is 35.9 Å². The molecular weight excluding hydrogens is 457 g/mol. The van der Waals surface area contributed by atoms with Gasteiger partial charge in [-0.3, -0.25) is 4.79 Å². The fraction of sp³-hybridized carbons (Fsp3) is 0.310. The summed E-state index contributed by atoms with van der Waals surface area (Å²) in [6, 6.07) is 22.0. The molecule has 1 heterocycles. The molecular formula is C29H30FN3O3. The number of rotatable bonds is 9. The average molecular weight is 488 g/mol. The molecule has 5 rings (SSSR count). The number of aryl methyl sites for hydroxylation is 1. The topological polar surface area (TPSA) is 76.4 Å². The van der Waals surface area contributed by atoms with E-state index >= 15 is 0 Å². The number of hydrogen-bond acceptors (Lipinski definition) is 4. The molecule has 0 spiro atoms. The lowest BCUT2D eigenvalue weighted by Gasteiger charge is -2.26. The first-order valence-electron chi connectivity index (χ1n) is 12.4. The molecule has 0 fully saturated rings. The Bertz CT molecular complexity index is 1340. The van der Waals surface area contributed by atoms with Gasteiger partial charge in [0.1, 0.15) is 11.6 Å². The molecule has 6 nitrogen and oxygen atoms in total. The maximum Gasteiger partial charge on any atom is 0.227 e. The van der Waals surface area contributed by atoms with Crippen molar-refractivity contribution in [1.82, 2.24) is 14.9 Å². The summed E-state index contributed by atoms with van der Waals surface area (Å²) >= 11 is 0. The summed E-state index contributed by atoms with van der Waals surface area (Å²) in [7, 11) is 0. The first-order chi connectivity index (χ1) is 17.6. The number of fused-ring (bicyclic) bond motifs is 2. The zero-order valence-electron chi connectivity index (χ0n) is 20.1. The van der Waals surface area contributed by atoms with E-state index < -0.39 is 6.10 Å². The monoisotopic (exact) mass is 487 g/mol. The molecule has 1 aliphatic carbocycles. The van der Waals surface area contributed by atoms with Crippen LogP contribution in [0.25, 0.3) is 11.0 Å². The minimum atomic E-state index is -0.752. The molecule has 0 saturated heterocycles. The van der Waals surface area contributed by atoms with E-state index in [4.69, 9.17) is 4.74 Å². The van der Waals surface area contributed by atoms with Gasteiger partial charge in [-0.25, -0.2) is 9.37 Å². The molecule has 7 heteroatoms. The van der Waals surface area contributed by atoms with Gasteiger partial charge in [-0.05, 0) is 60.2 Å². The highest BCUT2D eigenvalue weighted by Crippen LogP contribution is 2.32. The summed E-state index contributed by atoms with van der Waals surface area (Å²) in [4.78, 5) is 17.3. The van der Waals surface area contributed by atoms with E-state index in [2.05, 4.69) is 28.5 Å². The van der Waals surface area contributed by atoms with Crippen LogP contribution in [0.5, 0.6) is 0 Å². The second-order valence-electron chi connectivity index (χ2n) is 9.27. The van der Waals surface area contributed by atoms with Crippen molar-refractivity contribution >= 4 is 16.9 Å². The zero-order valence-corrected chi connectivity index (χ0v) is 20.1. The van der Waals surface area contributed by atoms with Crippen LogP contribution in [0.1, 0.15) is 41.5 Å². The summed E-state index contributed by atoms with van der Waals surface area (Å²) < 4.78 is 21.2. The summed E-state index contributed by atoms with van der Waals surface area (Å²) in [5.74, 6) is 0.0735. The van der Waals surface area contributed by atoms with Gasteiger partial charge in [0.2, 0.25) is 5.91 Å². The second-order valence-corrected chi connectivity index (χ2v) is 9.27. The third-order valence-corrected chi connectivity index (χ3v) is 6.65. The van der Waals surface area contributed by atoms with Crippen molar-refractivity contribution in [2.75, 3.05) is 6.61 Å². The minimum Gasteiger partial charge on any atom is -0.389 e. The Morgan fingerprint density at radius 3 is 2.75 bits per heavy atom. The number of halogens is 1. The van der Waals surface area contributed by atoms with Gasteiger partial charge in [-0.2, -0.15) is 0 Å². The number of carbonyl (C=O) groups is 1. The van der Waals surface area contributed by atoms with Crippen LogP contribution in [-0.2, 0) is 35.5 Å². The molecule has 0 bridgehead atoms. The number of nitrogens with zero attached hydrogens (tertiary/aromatic N) is 2. The fourth-order valence-corrected chi connectivity index (χ4v) is 4.85. The van der Waals surface area contributed by atoms with E-state index in [1.807, 2.05) is 34.9 Å². The summed E-state index contributed by atoms with van der Waals surface area (Å²) in [5, 5.41) is 13.8. The first-order valence-corrected chi connectivity index (χ1v) is 12.4. The molecule has 0 saturated carbocycles. The maximum absolute atomic E-state index is 13.1. The third kappa shape index (κ3) is 5.64. The molecule has 36 heavy (non-hydrogen) atoms. The number of hydrogen-bond donors (Lipinski definition) is 2. The summed E-state index contributed by atoms with van der Waals surface area (Å²) in [5.41, 5.74) is 4.98. The Balaban J connectivity index is 1.24. The van der Waals surface area contributed by atoms with Crippen LogP contribution in [0.2, 0.25) is 0 Å². The normalized spacial score (nSPS) is 16.0. The quantitative estimate of drug-likeness (QED) is 0.365. The van der Waals surface area contributed by atoms with E-state index in [1.54, 1.807) is 12.1 Å². The van der Waals surface area contributed by atoms with Crippen LogP contribution in [0.15, 0.2) is 72.8 Å². The molecule has 3 aromatic carbocycles. The molecule has 2 N–H and O–H groups in total. The first kappa shape index (κ1) is 24.2. The van der Waals surface area contributed by atoms with Gasteiger partial charge in [0.25, 0.3) is 0 Å². The highest BCUT2D eigenvalue weighted by Gasteiger charge is 2.22. The fourth-order valence-electron chi connectivity index (χ4n) is 4.85. The van der Waals surface area contributed by atoms with E-state index in [1.165, 1.54) is 23.3 Å². The van der Waals surface area contributed by atoms with Gasteiger partial charge in [-0.1, -0.05) is 48.5 Å². The van der Waals surface area contributed by atoms with Crippen LogP contribution < -0.4 is 5.32 Å². The number of aliphatic hydroxyl groups excluding tert-OH is 1. The number of aromatic nitrogens is 2. The minimum absolute atomic E-state index is 0.0131. The second kappa shape index (κ2) is 11.0. The Morgan fingerprint density at radius 2 is 1.89 bits per heavy atom. The molecule has 1 aromatic heterocycles. The van der Waals surface area contributed by atoms with Gasteiger partial charge >= 0.3 is 0 Å². The smallest absolute Gasteiger partial charge is 0.227 e. The van der Waals surface area contributed by atoms with Gasteiger partial charge in [0, 0.05) is 6.54 Å². The largest absolute Gasteiger partial charge is 0.389 e. The van der Waals surface area contributed by atoms with E-state index in [-0.39, 0.29) is 37.4 Å². The number of benzene rings is 3. The SMILES string of the molecule is O=C(Cc1nc2ccccc2n1CC(O)COC1CCCc2ccccc21)NCc1ccc(F)cc1. The third-order valence-electron chi connectivity index (χ3n) is 6.65. The van der Waals surface area contributed by atoms with Crippen molar-refractivity contribution in [2.45, 2.75) is 51.0 Å². The van der Waals surface area contributed by atoms with Crippen LogP contribution >= 0.6 is 0 Å². The van der Waals surface area contributed by atoms with Gasteiger partial charge in [-0.15, -0.1) is 0 Å². The molecule has 1 aliphatic rings. The zero-order chi connectivity index (χ0) is 24.9. The van der Waals surface area contributed by atoms with Crippen LogP contribution in [0, 0.1) is 5.82 Å². The van der Waals surface area contributed by atoms with Crippen LogP contribution in [0.4, 0.5) is 4.39 Å². The van der Waals surface area contributed by atoms with E-state index in [0.29, 0.717) is 12.4 Å². The number of ether oxygens (including phenoxy) is 1. The van der Waals surface area contributed by atoms with Crippen molar-refractivity contribution in [3.05, 3.63) is 101 Å². The van der Waals surface area contributed by atoms with Crippen molar-refractivity contribution in [3.63, 3.8) is 0 Å².